The number of carbonyl (C=O) groups excluding carboxylic acids is 1. The Morgan fingerprint density at radius 3 is 2.94 bits per heavy atom. The summed E-state index contributed by atoms with van der Waals surface area (Å²) in [5.41, 5.74) is 0.395. The molecule has 2 aliphatic rings. The maximum absolute atomic E-state index is 11.0. The van der Waals surface area contributed by atoms with Gasteiger partial charge in [0.25, 0.3) is 0 Å². The zero-order valence-electron chi connectivity index (χ0n) is 9.56. The lowest BCUT2D eigenvalue weighted by Gasteiger charge is -2.25. The quantitative estimate of drug-likeness (QED) is 0.772. The fourth-order valence-corrected chi connectivity index (χ4v) is 1.61. The topological polar surface area (TPSA) is 78.7 Å². The highest BCUT2D eigenvalue weighted by molar-refractivity contribution is 6.08. The molecule has 0 aromatic rings. The molecular weight excluding hydrogens is 222 g/mol. The second kappa shape index (κ2) is 5.65. The molecule has 1 N–H and O–H groups in total. The van der Waals surface area contributed by atoms with Crippen LogP contribution in [-0.4, -0.2) is 56.2 Å². The molecule has 92 valence electrons. The van der Waals surface area contributed by atoms with Gasteiger partial charge in [0.05, 0.1) is 19.8 Å². The molecule has 0 aromatic carbocycles. The summed E-state index contributed by atoms with van der Waals surface area (Å²) in [6, 6.07) is -0.498. The van der Waals surface area contributed by atoms with Gasteiger partial charge in [-0.3, -0.25) is 15.2 Å². The fraction of sp³-hybridized carbons (Fsp3) is 0.600. The second-order valence-corrected chi connectivity index (χ2v) is 3.76. The van der Waals surface area contributed by atoms with Crippen molar-refractivity contribution in [2.24, 2.45) is 15.2 Å². The number of nitrogens with one attached hydrogen (secondary N) is 1. The first-order chi connectivity index (χ1) is 8.25. The van der Waals surface area contributed by atoms with Crippen LogP contribution in [0, 0.1) is 0 Å². The van der Waals surface area contributed by atoms with Gasteiger partial charge in [0.15, 0.2) is 5.84 Å². The van der Waals surface area contributed by atoms with Crippen molar-refractivity contribution in [2.75, 3.05) is 39.4 Å². The van der Waals surface area contributed by atoms with Crippen molar-refractivity contribution >= 4 is 11.9 Å². The Morgan fingerprint density at radius 2 is 2.18 bits per heavy atom. The minimum absolute atomic E-state index is 0.395. The van der Waals surface area contributed by atoms with E-state index in [1.165, 1.54) is 0 Å². The van der Waals surface area contributed by atoms with Gasteiger partial charge in [-0.2, -0.15) is 0 Å². The molecule has 1 fully saturated rings. The monoisotopic (exact) mass is 237 g/mol. The zero-order chi connectivity index (χ0) is 12.1. The lowest BCUT2D eigenvalue weighted by molar-refractivity contribution is 0.0394. The number of nitrogens with zero attached hydrogens (tertiary/aromatic N) is 4. The van der Waals surface area contributed by atoms with E-state index in [0.717, 1.165) is 32.8 Å². The van der Waals surface area contributed by atoms with Gasteiger partial charge in [-0.05, 0) is 0 Å². The van der Waals surface area contributed by atoms with E-state index < -0.39 is 6.03 Å². The highest BCUT2D eigenvalue weighted by Crippen LogP contribution is 2.03. The van der Waals surface area contributed by atoms with Crippen LogP contribution in [0.5, 0.6) is 0 Å². The molecule has 0 radical (unpaired) electrons. The van der Waals surface area contributed by atoms with Gasteiger partial charge >= 0.3 is 6.03 Å². The number of rotatable bonds is 3. The summed E-state index contributed by atoms with van der Waals surface area (Å²) in [4.78, 5) is 17.5. The SMILES string of the molecule is C=C1N=NC(=O)NC1=NCCN1CCOCC1. The smallest absolute Gasteiger partial charge is 0.365 e. The predicted octanol–water partition coefficient (Wildman–Crippen LogP) is 0.406. The van der Waals surface area contributed by atoms with Crippen molar-refractivity contribution in [1.29, 1.82) is 0 Å². The zero-order valence-corrected chi connectivity index (χ0v) is 9.56. The van der Waals surface area contributed by atoms with E-state index in [4.69, 9.17) is 4.74 Å². The van der Waals surface area contributed by atoms with Crippen LogP contribution in [0.1, 0.15) is 0 Å². The van der Waals surface area contributed by atoms with E-state index in [1.807, 2.05) is 0 Å². The van der Waals surface area contributed by atoms with Gasteiger partial charge in [0.1, 0.15) is 5.70 Å². The number of urea groups is 1. The first-order valence-corrected chi connectivity index (χ1v) is 5.52. The Morgan fingerprint density at radius 1 is 1.41 bits per heavy atom. The number of morpholine rings is 1. The summed E-state index contributed by atoms with van der Waals surface area (Å²) in [7, 11) is 0. The third-order valence-electron chi connectivity index (χ3n) is 2.55. The molecule has 1 saturated heterocycles. The van der Waals surface area contributed by atoms with Gasteiger partial charge in [0.2, 0.25) is 0 Å². The Labute approximate surface area is 99.2 Å². The number of hydrogen-bond donors (Lipinski definition) is 1. The standard InChI is InChI=1S/C10H15N5O2/c1-8-9(12-10(16)14-13-8)11-2-3-15-4-6-17-7-5-15/h1-7H2,(H,11,12,16). The van der Waals surface area contributed by atoms with E-state index in [9.17, 15) is 4.79 Å². The molecule has 2 amide bonds. The summed E-state index contributed by atoms with van der Waals surface area (Å²) in [6.07, 6.45) is 0. The number of amidine groups is 1. The molecule has 2 aliphatic heterocycles. The van der Waals surface area contributed by atoms with E-state index in [-0.39, 0.29) is 0 Å². The number of amides is 2. The number of ether oxygens (including phenoxy) is 1. The van der Waals surface area contributed by atoms with E-state index in [2.05, 4.69) is 32.0 Å². The van der Waals surface area contributed by atoms with Crippen LogP contribution in [0.2, 0.25) is 0 Å². The molecule has 17 heavy (non-hydrogen) atoms. The maximum atomic E-state index is 11.0. The minimum atomic E-state index is -0.498. The van der Waals surface area contributed by atoms with Gasteiger partial charge in [-0.25, -0.2) is 4.79 Å². The van der Waals surface area contributed by atoms with Crippen LogP contribution >= 0.6 is 0 Å². The summed E-state index contributed by atoms with van der Waals surface area (Å²) >= 11 is 0. The predicted molar refractivity (Wildman–Crippen MR) is 62.1 cm³/mol. The first kappa shape index (κ1) is 11.9. The lowest BCUT2D eigenvalue weighted by atomic mass is 10.4. The summed E-state index contributed by atoms with van der Waals surface area (Å²) < 4.78 is 5.25. The molecule has 0 bridgehead atoms. The van der Waals surface area contributed by atoms with E-state index >= 15 is 0 Å². The molecule has 2 rings (SSSR count). The van der Waals surface area contributed by atoms with Crippen LogP contribution in [0.15, 0.2) is 27.5 Å². The highest BCUT2D eigenvalue weighted by Gasteiger charge is 2.14. The molecule has 0 atom stereocenters. The van der Waals surface area contributed by atoms with Crippen molar-refractivity contribution in [1.82, 2.24) is 10.2 Å². The van der Waals surface area contributed by atoms with Gasteiger partial charge in [-0.1, -0.05) is 11.7 Å². The number of azo groups is 1. The van der Waals surface area contributed by atoms with Crippen LogP contribution in [0.3, 0.4) is 0 Å². The van der Waals surface area contributed by atoms with Gasteiger partial charge in [0, 0.05) is 19.6 Å². The Kier molecular flexibility index (Phi) is 3.94. The molecule has 0 spiro atoms. The fourth-order valence-electron chi connectivity index (χ4n) is 1.61. The molecule has 0 unspecified atom stereocenters. The Hall–Kier alpha value is -1.60. The average molecular weight is 237 g/mol. The largest absolute Gasteiger partial charge is 0.379 e. The molecular formula is C10H15N5O2. The number of carbonyl (C=O) groups is 1. The summed E-state index contributed by atoms with van der Waals surface area (Å²) in [6.45, 7) is 8.50. The van der Waals surface area contributed by atoms with Crippen molar-refractivity contribution in [3.63, 3.8) is 0 Å². The number of aliphatic imine (C=N–C) groups is 1. The molecule has 0 aliphatic carbocycles. The van der Waals surface area contributed by atoms with Crippen molar-refractivity contribution in [3.05, 3.63) is 12.3 Å². The highest BCUT2D eigenvalue weighted by atomic mass is 16.5. The van der Waals surface area contributed by atoms with Crippen LogP contribution < -0.4 is 5.32 Å². The van der Waals surface area contributed by atoms with Crippen molar-refractivity contribution in [2.45, 2.75) is 0 Å². The normalized spacial score (nSPS) is 24.1. The van der Waals surface area contributed by atoms with Gasteiger partial charge in [-0.15, -0.1) is 5.11 Å². The van der Waals surface area contributed by atoms with Crippen molar-refractivity contribution < 1.29 is 9.53 Å². The third-order valence-corrected chi connectivity index (χ3v) is 2.55. The summed E-state index contributed by atoms with van der Waals surface area (Å²) in [5, 5.41) is 9.45. The number of hydrogen-bond acceptors (Lipinski definition) is 5. The lowest BCUT2D eigenvalue weighted by Crippen LogP contribution is -2.38. The van der Waals surface area contributed by atoms with Crippen LogP contribution in [0.4, 0.5) is 4.79 Å². The third kappa shape index (κ3) is 3.43. The molecule has 7 nitrogen and oxygen atoms in total. The van der Waals surface area contributed by atoms with E-state index in [1.54, 1.807) is 0 Å². The Bertz CT molecular complexity index is 371. The first-order valence-electron chi connectivity index (χ1n) is 5.52. The minimum Gasteiger partial charge on any atom is -0.379 e. The Balaban J connectivity index is 1.81. The van der Waals surface area contributed by atoms with E-state index in [0.29, 0.717) is 18.1 Å². The average Bonchev–Trinajstić information content (AvgIpc) is 2.35. The maximum Gasteiger partial charge on any atom is 0.365 e. The van der Waals surface area contributed by atoms with Crippen LogP contribution in [-0.2, 0) is 4.74 Å². The second-order valence-electron chi connectivity index (χ2n) is 3.76. The molecule has 0 saturated carbocycles. The molecule has 2 heterocycles. The molecule has 7 heteroatoms. The summed E-state index contributed by atoms with van der Waals surface area (Å²) in [5.74, 6) is 0.415. The molecule has 0 aromatic heterocycles. The van der Waals surface area contributed by atoms with Crippen molar-refractivity contribution in [3.8, 4) is 0 Å². The van der Waals surface area contributed by atoms with Gasteiger partial charge < -0.3 is 4.74 Å². The van der Waals surface area contributed by atoms with Crippen LogP contribution in [0.25, 0.3) is 0 Å².